The van der Waals surface area contributed by atoms with Crippen LogP contribution in [0.5, 0.6) is 0 Å². The summed E-state index contributed by atoms with van der Waals surface area (Å²) < 4.78 is 5.98. The minimum absolute atomic E-state index is 0.186. The molecule has 1 aromatic carbocycles. The fraction of sp³-hybridized carbons (Fsp3) is 0.667. The van der Waals surface area contributed by atoms with Crippen LogP contribution >= 0.6 is 0 Å². The molecule has 1 aromatic rings. The summed E-state index contributed by atoms with van der Waals surface area (Å²) in [5, 5.41) is 9.93. The molecule has 0 unspecified atom stereocenters. The predicted molar refractivity (Wildman–Crippen MR) is 121 cm³/mol. The summed E-state index contributed by atoms with van der Waals surface area (Å²) in [5.41, 5.74) is 5.66. The second kappa shape index (κ2) is 12.2. The fourth-order valence-electron chi connectivity index (χ4n) is 4.60. The van der Waals surface area contributed by atoms with Crippen molar-refractivity contribution in [2.45, 2.75) is 93.4 Å². The molecule has 0 spiro atoms. The normalized spacial score (nSPS) is 12.7. The van der Waals surface area contributed by atoms with Crippen molar-refractivity contribution in [1.82, 2.24) is 0 Å². The average molecular weight is 465 g/mol. The van der Waals surface area contributed by atoms with Crippen LogP contribution in [0.15, 0.2) is 18.2 Å². The zero-order valence-electron chi connectivity index (χ0n) is 18.3. The Morgan fingerprint density at radius 2 is 1.27 bits per heavy atom. The Bertz CT molecular complexity index is 529. The van der Waals surface area contributed by atoms with Gasteiger partial charge in [0.1, 0.15) is 0 Å². The van der Waals surface area contributed by atoms with Gasteiger partial charge in [0.15, 0.2) is 0 Å². The summed E-state index contributed by atoms with van der Waals surface area (Å²) >= 11 is -2.57. The number of rotatable bonds is 12. The first-order valence-corrected chi connectivity index (χ1v) is 18.3. The Labute approximate surface area is 167 Å². The van der Waals surface area contributed by atoms with Crippen LogP contribution in [0, 0.1) is 20.8 Å². The topological polar surface area (TPSA) is 20.2 Å². The molecule has 0 fully saturated rings. The minimum atomic E-state index is -2.57. The molecule has 0 atom stereocenters. The number of hydrogen-bond acceptors (Lipinski definition) is 1. The van der Waals surface area contributed by atoms with Gasteiger partial charge in [-0.3, -0.25) is 0 Å². The van der Waals surface area contributed by atoms with Gasteiger partial charge in [-0.2, -0.15) is 0 Å². The van der Waals surface area contributed by atoms with Gasteiger partial charge in [-0.25, -0.2) is 0 Å². The van der Waals surface area contributed by atoms with Crippen LogP contribution in [0.2, 0.25) is 13.3 Å². The van der Waals surface area contributed by atoms with Gasteiger partial charge in [-0.1, -0.05) is 0 Å². The SMILES string of the molecule is CCC[CH2][Sn]([CH2]CCC)([CH2]CCC)/[C](=C/CO)c1c(C)cc(C)cc1C. The van der Waals surface area contributed by atoms with Crippen molar-refractivity contribution in [3.8, 4) is 0 Å². The van der Waals surface area contributed by atoms with E-state index in [-0.39, 0.29) is 6.61 Å². The van der Waals surface area contributed by atoms with Crippen LogP contribution in [0.4, 0.5) is 0 Å². The fourth-order valence-corrected chi connectivity index (χ4v) is 22.0. The summed E-state index contributed by atoms with van der Waals surface area (Å²) in [5.74, 6) is 0. The molecule has 0 saturated heterocycles. The Morgan fingerprint density at radius 3 is 1.62 bits per heavy atom. The molecule has 148 valence electrons. The quantitative estimate of drug-likeness (QED) is 0.320. The molecule has 26 heavy (non-hydrogen) atoms. The Morgan fingerprint density at radius 1 is 0.846 bits per heavy atom. The van der Waals surface area contributed by atoms with Crippen molar-refractivity contribution < 1.29 is 5.11 Å². The first kappa shape index (κ1) is 23.8. The second-order valence-electron chi connectivity index (χ2n) is 8.17. The second-order valence-corrected chi connectivity index (χ2v) is 21.3. The van der Waals surface area contributed by atoms with E-state index < -0.39 is 18.4 Å². The van der Waals surface area contributed by atoms with Crippen LogP contribution in [-0.2, 0) is 0 Å². The standard InChI is InChI=1S/C12H15O.3C4H9.Sn/c1-9-7-10(2)12(5-4-6-13)11(3)8-9;3*1-3-4-2;/h4,7-8,13H,6H2,1-3H3;3*1,3-4H2,2H3;. The number of aliphatic hydroxyl groups excluding tert-OH is 1. The van der Waals surface area contributed by atoms with E-state index in [9.17, 15) is 5.11 Å². The van der Waals surface area contributed by atoms with Crippen LogP contribution in [-0.4, -0.2) is 30.1 Å². The Kier molecular flexibility index (Phi) is 11.2. The van der Waals surface area contributed by atoms with Gasteiger partial charge in [-0.15, -0.1) is 0 Å². The molecular formula is C24H42OSn. The summed E-state index contributed by atoms with van der Waals surface area (Å²) in [6, 6.07) is 4.67. The van der Waals surface area contributed by atoms with Gasteiger partial charge in [0, 0.05) is 0 Å². The molecule has 0 heterocycles. The molecule has 1 rings (SSSR count). The number of unbranched alkanes of at least 4 members (excludes halogenated alkanes) is 3. The van der Waals surface area contributed by atoms with Crippen LogP contribution < -0.4 is 0 Å². The van der Waals surface area contributed by atoms with E-state index in [1.165, 1.54) is 74.1 Å². The van der Waals surface area contributed by atoms with E-state index in [0.29, 0.717) is 0 Å². The van der Waals surface area contributed by atoms with E-state index in [0.717, 1.165) is 0 Å². The molecule has 1 nitrogen and oxygen atoms in total. The van der Waals surface area contributed by atoms with Crippen molar-refractivity contribution in [2.24, 2.45) is 0 Å². The molecule has 0 aliphatic rings. The van der Waals surface area contributed by atoms with Gasteiger partial charge in [0.2, 0.25) is 0 Å². The molecule has 0 saturated carbocycles. The van der Waals surface area contributed by atoms with E-state index >= 15 is 0 Å². The third-order valence-corrected chi connectivity index (χ3v) is 21.6. The van der Waals surface area contributed by atoms with Crippen LogP contribution in [0.3, 0.4) is 0 Å². The molecule has 1 N–H and O–H groups in total. The number of aryl methyl sites for hydroxylation is 3. The van der Waals surface area contributed by atoms with Gasteiger partial charge in [-0.05, 0) is 0 Å². The van der Waals surface area contributed by atoms with E-state index in [1.807, 2.05) is 0 Å². The molecule has 0 radical (unpaired) electrons. The van der Waals surface area contributed by atoms with Gasteiger partial charge in [0.05, 0.1) is 0 Å². The van der Waals surface area contributed by atoms with E-state index in [1.54, 1.807) is 3.59 Å². The van der Waals surface area contributed by atoms with E-state index in [4.69, 9.17) is 0 Å². The molecule has 0 aliphatic carbocycles. The van der Waals surface area contributed by atoms with Crippen molar-refractivity contribution >= 4 is 22.0 Å². The third-order valence-electron chi connectivity index (χ3n) is 5.84. The molecule has 2 heteroatoms. The zero-order valence-corrected chi connectivity index (χ0v) is 21.1. The van der Waals surface area contributed by atoms with Gasteiger partial charge >= 0.3 is 168 Å². The molecule has 0 amide bonds. The monoisotopic (exact) mass is 466 g/mol. The third kappa shape index (κ3) is 6.41. The first-order valence-electron chi connectivity index (χ1n) is 10.8. The van der Waals surface area contributed by atoms with Crippen molar-refractivity contribution in [2.75, 3.05) is 6.61 Å². The van der Waals surface area contributed by atoms with E-state index in [2.05, 4.69) is 59.8 Å². The van der Waals surface area contributed by atoms with Gasteiger partial charge < -0.3 is 0 Å². The van der Waals surface area contributed by atoms with Crippen LogP contribution in [0.1, 0.15) is 81.5 Å². The van der Waals surface area contributed by atoms with Gasteiger partial charge in [0.25, 0.3) is 0 Å². The van der Waals surface area contributed by atoms with Crippen molar-refractivity contribution in [3.05, 3.63) is 40.5 Å². The molecule has 0 aromatic heterocycles. The Balaban J connectivity index is 3.54. The predicted octanol–water partition coefficient (Wildman–Crippen LogP) is 7.38. The van der Waals surface area contributed by atoms with Crippen LogP contribution in [0.25, 0.3) is 3.59 Å². The maximum atomic E-state index is 9.93. The number of aliphatic hydroxyl groups is 1. The maximum absolute atomic E-state index is 9.93. The molecule has 0 aliphatic heterocycles. The van der Waals surface area contributed by atoms with Crippen molar-refractivity contribution in [3.63, 3.8) is 0 Å². The summed E-state index contributed by atoms with van der Waals surface area (Å²) in [6.45, 7) is 13.9. The zero-order chi connectivity index (χ0) is 19.6. The molecule has 0 bridgehead atoms. The molecular weight excluding hydrogens is 423 g/mol. The number of hydrogen-bond donors (Lipinski definition) is 1. The summed E-state index contributed by atoms with van der Waals surface area (Å²) in [4.78, 5) is 0. The Hall–Kier alpha value is -0.281. The summed E-state index contributed by atoms with van der Waals surface area (Å²) in [7, 11) is 0. The summed E-state index contributed by atoms with van der Waals surface area (Å²) in [6.07, 6.45) is 10.2. The number of benzene rings is 1. The first-order chi connectivity index (χ1) is 12.5. The average Bonchev–Trinajstić information content (AvgIpc) is 2.60. The van der Waals surface area contributed by atoms with Crippen molar-refractivity contribution in [1.29, 1.82) is 0 Å².